The summed E-state index contributed by atoms with van der Waals surface area (Å²) in [6, 6.07) is 23.3. The Kier molecular flexibility index (Phi) is 7.62. The van der Waals surface area contributed by atoms with Crippen molar-refractivity contribution in [2.75, 3.05) is 7.11 Å². The summed E-state index contributed by atoms with van der Waals surface area (Å²) in [5.41, 5.74) is 2.03. The molecule has 0 atom stereocenters. The number of methoxy groups -OCH3 is 1. The first-order chi connectivity index (χ1) is 16.6. The first-order valence-electron chi connectivity index (χ1n) is 10.3. The third-order valence-electron chi connectivity index (χ3n) is 4.95. The Balaban J connectivity index is 1.44. The molecule has 1 aromatic heterocycles. The average molecular weight is 490 g/mol. The molecule has 0 saturated carbocycles. The van der Waals surface area contributed by atoms with E-state index in [0.29, 0.717) is 28.5 Å². The van der Waals surface area contributed by atoms with Gasteiger partial charge in [0.05, 0.1) is 13.3 Å². The molecule has 4 rings (SSSR count). The summed E-state index contributed by atoms with van der Waals surface area (Å²) in [4.78, 5) is 30.6. The van der Waals surface area contributed by atoms with E-state index in [1.54, 1.807) is 43.5 Å². The fourth-order valence-electron chi connectivity index (χ4n) is 3.19. The molecule has 3 aromatic carbocycles. The molecule has 0 aliphatic heterocycles. The van der Waals surface area contributed by atoms with Gasteiger partial charge in [0.1, 0.15) is 23.8 Å². The number of ether oxygens (including phenoxy) is 2. The number of aromatic nitrogens is 1. The van der Waals surface area contributed by atoms with Crippen LogP contribution in [-0.4, -0.2) is 24.2 Å². The van der Waals surface area contributed by atoms with Gasteiger partial charge in [-0.2, -0.15) is 0 Å². The van der Waals surface area contributed by atoms with E-state index in [1.165, 1.54) is 18.0 Å². The molecule has 7 heteroatoms. The van der Waals surface area contributed by atoms with E-state index < -0.39 is 0 Å². The summed E-state index contributed by atoms with van der Waals surface area (Å²) < 4.78 is 10.9. The molecule has 4 aromatic rings. The Morgan fingerprint density at radius 1 is 1.00 bits per heavy atom. The average Bonchev–Trinajstić information content (AvgIpc) is 2.88. The Labute approximate surface area is 206 Å². The second kappa shape index (κ2) is 11.0. The zero-order chi connectivity index (χ0) is 23.9. The maximum atomic E-state index is 12.9. The van der Waals surface area contributed by atoms with Crippen molar-refractivity contribution in [3.05, 3.63) is 112 Å². The summed E-state index contributed by atoms with van der Waals surface area (Å²) >= 11 is 7.43. The topological polar surface area (TPSA) is 65.5 Å². The maximum Gasteiger partial charge on any atom is 0.211 e. The molecule has 34 heavy (non-hydrogen) atoms. The summed E-state index contributed by atoms with van der Waals surface area (Å²) in [7, 11) is 1.61. The van der Waals surface area contributed by atoms with Gasteiger partial charge < -0.3 is 9.47 Å². The highest BCUT2D eigenvalue weighted by molar-refractivity contribution is 7.99. The van der Waals surface area contributed by atoms with Crippen molar-refractivity contribution < 1.29 is 19.1 Å². The Bertz CT molecular complexity index is 1310. The summed E-state index contributed by atoms with van der Waals surface area (Å²) in [6.07, 6.45) is 2.26. The predicted octanol–water partition coefficient (Wildman–Crippen LogP) is 6.52. The van der Waals surface area contributed by atoms with E-state index in [9.17, 15) is 9.59 Å². The highest BCUT2D eigenvalue weighted by Crippen LogP contribution is 2.32. The Hall–Kier alpha value is -3.61. The molecule has 0 fully saturated rings. The van der Waals surface area contributed by atoms with Crippen molar-refractivity contribution in [2.24, 2.45) is 0 Å². The minimum atomic E-state index is -0.273. The van der Waals surface area contributed by atoms with E-state index in [4.69, 9.17) is 21.1 Å². The number of hydrogen-bond donors (Lipinski definition) is 0. The number of pyridine rings is 1. The number of benzene rings is 3. The van der Waals surface area contributed by atoms with Gasteiger partial charge in [-0.05, 0) is 72.3 Å². The predicted molar refractivity (Wildman–Crippen MR) is 132 cm³/mol. The minimum absolute atomic E-state index is 0.266. The zero-order valence-electron chi connectivity index (χ0n) is 18.2. The van der Waals surface area contributed by atoms with E-state index in [-0.39, 0.29) is 11.5 Å². The first kappa shape index (κ1) is 23.5. The van der Waals surface area contributed by atoms with Crippen LogP contribution in [0.2, 0.25) is 5.02 Å². The van der Waals surface area contributed by atoms with E-state index in [1.807, 2.05) is 42.5 Å². The normalized spacial score (nSPS) is 10.5. The van der Waals surface area contributed by atoms with Crippen LogP contribution in [0.4, 0.5) is 0 Å². The molecule has 0 aliphatic rings. The van der Waals surface area contributed by atoms with Gasteiger partial charge in [-0.25, -0.2) is 4.98 Å². The number of ketones is 1. The molecule has 0 spiro atoms. The van der Waals surface area contributed by atoms with Crippen molar-refractivity contribution in [3.63, 3.8) is 0 Å². The SMILES string of the molecule is COc1ccc(Sc2ccc(C(=O)c3ccc(OCc4cccc(Cl)c4)cn3)cc2C=O)cc1. The largest absolute Gasteiger partial charge is 0.497 e. The maximum absolute atomic E-state index is 12.9. The van der Waals surface area contributed by atoms with Gasteiger partial charge in [0.15, 0.2) is 6.29 Å². The van der Waals surface area contributed by atoms with E-state index in [2.05, 4.69) is 4.98 Å². The minimum Gasteiger partial charge on any atom is -0.497 e. The third-order valence-corrected chi connectivity index (χ3v) is 6.28. The van der Waals surface area contributed by atoms with Gasteiger partial charge in [0.2, 0.25) is 5.78 Å². The summed E-state index contributed by atoms with van der Waals surface area (Å²) in [5, 5.41) is 0.642. The van der Waals surface area contributed by atoms with Crippen molar-refractivity contribution in [1.29, 1.82) is 0 Å². The first-order valence-corrected chi connectivity index (χ1v) is 11.5. The summed E-state index contributed by atoms with van der Waals surface area (Å²) in [6.45, 7) is 0.339. The smallest absolute Gasteiger partial charge is 0.211 e. The zero-order valence-corrected chi connectivity index (χ0v) is 19.8. The van der Waals surface area contributed by atoms with Crippen LogP contribution in [0, 0.1) is 0 Å². The molecular weight excluding hydrogens is 470 g/mol. The molecule has 5 nitrogen and oxygen atoms in total. The Morgan fingerprint density at radius 3 is 2.47 bits per heavy atom. The van der Waals surface area contributed by atoms with Gasteiger partial charge in [0, 0.05) is 25.9 Å². The van der Waals surface area contributed by atoms with E-state index >= 15 is 0 Å². The van der Waals surface area contributed by atoms with Gasteiger partial charge in [-0.3, -0.25) is 9.59 Å². The summed E-state index contributed by atoms with van der Waals surface area (Å²) in [5.74, 6) is 1.02. The quantitative estimate of drug-likeness (QED) is 0.197. The van der Waals surface area contributed by atoms with Gasteiger partial charge in [0.25, 0.3) is 0 Å². The van der Waals surface area contributed by atoms with Crippen LogP contribution in [0.5, 0.6) is 11.5 Å². The number of hydrogen-bond acceptors (Lipinski definition) is 6. The van der Waals surface area contributed by atoms with Gasteiger partial charge >= 0.3 is 0 Å². The van der Waals surface area contributed by atoms with Crippen LogP contribution in [0.15, 0.2) is 94.9 Å². The third kappa shape index (κ3) is 5.84. The number of carbonyl (C=O) groups excluding carboxylic acids is 2. The molecule has 0 N–H and O–H groups in total. The number of halogens is 1. The van der Waals surface area contributed by atoms with E-state index in [0.717, 1.165) is 27.4 Å². The second-order valence-electron chi connectivity index (χ2n) is 7.27. The standard InChI is InChI=1S/C27H20ClNO4S/c1-32-22-6-9-24(10-7-22)34-26-12-5-19(14-20(26)16-30)27(31)25-11-8-23(15-29-25)33-17-18-3-2-4-21(28)13-18/h2-16H,17H2,1H3. The molecule has 170 valence electrons. The van der Waals surface area contributed by atoms with Gasteiger partial charge in [-0.15, -0.1) is 0 Å². The lowest BCUT2D eigenvalue weighted by Crippen LogP contribution is -2.05. The highest BCUT2D eigenvalue weighted by atomic mass is 35.5. The molecule has 0 unspecified atom stereocenters. The lowest BCUT2D eigenvalue weighted by Gasteiger charge is -2.09. The van der Waals surface area contributed by atoms with Crippen molar-refractivity contribution in [2.45, 2.75) is 16.4 Å². The lowest BCUT2D eigenvalue weighted by molar-refractivity contribution is 0.103. The number of nitrogens with zero attached hydrogens (tertiary/aromatic N) is 1. The Morgan fingerprint density at radius 2 is 1.79 bits per heavy atom. The molecule has 0 amide bonds. The van der Waals surface area contributed by atoms with Crippen LogP contribution < -0.4 is 9.47 Å². The van der Waals surface area contributed by atoms with Crippen LogP contribution in [0.3, 0.4) is 0 Å². The molecule has 1 heterocycles. The number of rotatable bonds is 9. The van der Waals surface area contributed by atoms with Crippen LogP contribution in [0.25, 0.3) is 0 Å². The van der Waals surface area contributed by atoms with Crippen molar-refractivity contribution in [1.82, 2.24) is 4.98 Å². The monoisotopic (exact) mass is 489 g/mol. The number of aldehydes is 1. The second-order valence-corrected chi connectivity index (χ2v) is 8.83. The fraction of sp³-hybridized carbons (Fsp3) is 0.0741. The van der Waals surface area contributed by atoms with Crippen LogP contribution >= 0.6 is 23.4 Å². The van der Waals surface area contributed by atoms with Crippen LogP contribution in [-0.2, 0) is 6.61 Å². The fourth-order valence-corrected chi connectivity index (χ4v) is 4.29. The molecular formula is C27H20ClNO4S. The van der Waals surface area contributed by atoms with Crippen molar-refractivity contribution in [3.8, 4) is 11.5 Å². The van der Waals surface area contributed by atoms with Crippen molar-refractivity contribution >= 4 is 35.4 Å². The molecule has 0 saturated heterocycles. The van der Waals surface area contributed by atoms with Gasteiger partial charge in [-0.1, -0.05) is 35.5 Å². The number of carbonyl (C=O) groups is 2. The highest BCUT2D eigenvalue weighted by Gasteiger charge is 2.14. The molecule has 0 aliphatic carbocycles. The lowest BCUT2D eigenvalue weighted by atomic mass is 10.1. The molecule has 0 radical (unpaired) electrons. The molecule has 0 bridgehead atoms. The van der Waals surface area contributed by atoms with Crippen LogP contribution in [0.1, 0.15) is 32.0 Å².